The van der Waals surface area contributed by atoms with E-state index >= 15 is 0 Å². The maximum Gasteiger partial charge on any atom is 0.0951 e. The third-order valence-electron chi connectivity index (χ3n) is 3.30. The Morgan fingerprint density at radius 3 is 3.19 bits per heavy atom. The third kappa shape index (κ3) is 2.43. The molecule has 16 heavy (non-hydrogen) atoms. The van der Waals surface area contributed by atoms with E-state index in [2.05, 4.69) is 28.2 Å². The van der Waals surface area contributed by atoms with Crippen molar-refractivity contribution < 1.29 is 0 Å². The molecule has 1 aromatic heterocycles. The van der Waals surface area contributed by atoms with Gasteiger partial charge < -0.3 is 10.3 Å². The summed E-state index contributed by atoms with van der Waals surface area (Å²) in [4.78, 5) is 4.28. The van der Waals surface area contributed by atoms with Crippen molar-refractivity contribution in [2.75, 3.05) is 12.3 Å². The van der Waals surface area contributed by atoms with Crippen LogP contribution in [0.25, 0.3) is 0 Å². The van der Waals surface area contributed by atoms with Gasteiger partial charge in [0.05, 0.1) is 6.33 Å². The van der Waals surface area contributed by atoms with Crippen LogP contribution in [0.4, 0.5) is 0 Å². The normalized spacial score (nSPS) is 25.1. The number of thioether (sulfide) groups is 1. The molecule has 4 heteroatoms. The SMILES string of the molecule is CCSC1CCCC1n1cncc1CCN. The van der Waals surface area contributed by atoms with Crippen LogP contribution in [0.1, 0.15) is 37.9 Å². The molecule has 1 aliphatic rings. The van der Waals surface area contributed by atoms with E-state index in [1.54, 1.807) is 0 Å². The highest BCUT2D eigenvalue weighted by Gasteiger charge is 2.29. The second-order valence-corrected chi connectivity index (χ2v) is 5.84. The third-order valence-corrected chi connectivity index (χ3v) is 4.61. The molecule has 2 atom stereocenters. The first-order valence-electron chi connectivity index (χ1n) is 6.19. The van der Waals surface area contributed by atoms with E-state index in [1.807, 2.05) is 12.5 Å². The summed E-state index contributed by atoms with van der Waals surface area (Å²) in [7, 11) is 0. The smallest absolute Gasteiger partial charge is 0.0951 e. The molecule has 1 saturated carbocycles. The Hall–Kier alpha value is -0.480. The summed E-state index contributed by atoms with van der Waals surface area (Å²) >= 11 is 2.09. The van der Waals surface area contributed by atoms with Crippen LogP contribution in [-0.2, 0) is 6.42 Å². The zero-order valence-corrected chi connectivity index (χ0v) is 10.7. The molecule has 0 aromatic carbocycles. The molecule has 0 saturated heterocycles. The minimum absolute atomic E-state index is 0.647. The minimum atomic E-state index is 0.647. The number of nitrogens with two attached hydrogens (primary N) is 1. The van der Waals surface area contributed by atoms with Crippen molar-refractivity contribution in [2.24, 2.45) is 5.73 Å². The molecule has 90 valence electrons. The number of imidazole rings is 1. The Kier molecular flexibility index (Phi) is 4.29. The van der Waals surface area contributed by atoms with Gasteiger partial charge >= 0.3 is 0 Å². The fraction of sp³-hybridized carbons (Fsp3) is 0.750. The molecule has 3 nitrogen and oxygen atoms in total. The van der Waals surface area contributed by atoms with Gasteiger partial charge in [0.25, 0.3) is 0 Å². The summed E-state index contributed by atoms with van der Waals surface area (Å²) in [5, 5.41) is 0.774. The van der Waals surface area contributed by atoms with Crippen LogP contribution in [-0.4, -0.2) is 27.1 Å². The lowest BCUT2D eigenvalue weighted by Crippen LogP contribution is -2.19. The first kappa shape index (κ1) is 12.0. The van der Waals surface area contributed by atoms with Crippen molar-refractivity contribution in [3.05, 3.63) is 18.2 Å². The van der Waals surface area contributed by atoms with Gasteiger partial charge in [0.15, 0.2) is 0 Å². The summed E-state index contributed by atoms with van der Waals surface area (Å²) in [6.07, 6.45) is 8.90. The molecule has 1 fully saturated rings. The van der Waals surface area contributed by atoms with Crippen molar-refractivity contribution in [1.29, 1.82) is 0 Å². The Balaban J connectivity index is 2.12. The molecule has 0 radical (unpaired) electrons. The first-order valence-corrected chi connectivity index (χ1v) is 7.24. The Labute approximate surface area is 102 Å². The van der Waals surface area contributed by atoms with Crippen molar-refractivity contribution in [2.45, 2.75) is 43.9 Å². The lowest BCUT2D eigenvalue weighted by atomic mass is 10.2. The van der Waals surface area contributed by atoms with Gasteiger partial charge in [-0.2, -0.15) is 11.8 Å². The number of hydrogen-bond acceptors (Lipinski definition) is 3. The summed E-state index contributed by atoms with van der Waals surface area (Å²) in [5.41, 5.74) is 6.94. The number of nitrogens with zero attached hydrogens (tertiary/aromatic N) is 2. The largest absolute Gasteiger partial charge is 0.330 e. The van der Waals surface area contributed by atoms with Gasteiger partial charge in [-0.15, -0.1) is 0 Å². The molecule has 1 heterocycles. The van der Waals surface area contributed by atoms with Crippen LogP contribution < -0.4 is 5.73 Å². The molecule has 0 bridgehead atoms. The van der Waals surface area contributed by atoms with E-state index in [-0.39, 0.29) is 0 Å². The monoisotopic (exact) mass is 239 g/mol. The van der Waals surface area contributed by atoms with Crippen LogP contribution in [0.3, 0.4) is 0 Å². The number of aromatic nitrogens is 2. The van der Waals surface area contributed by atoms with Crippen molar-refractivity contribution in [3.63, 3.8) is 0 Å². The molecule has 0 spiro atoms. The highest BCUT2D eigenvalue weighted by Crippen LogP contribution is 2.38. The number of hydrogen-bond donors (Lipinski definition) is 1. The molecule has 2 rings (SSSR count). The Morgan fingerprint density at radius 2 is 2.44 bits per heavy atom. The topological polar surface area (TPSA) is 43.8 Å². The zero-order valence-electron chi connectivity index (χ0n) is 9.93. The first-order chi connectivity index (χ1) is 7.86. The molecule has 2 N–H and O–H groups in total. The lowest BCUT2D eigenvalue weighted by molar-refractivity contribution is 0.509. The molecular weight excluding hydrogens is 218 g/mol. The van der Waals surface area contributed by atoms with E-state index in [0.29, 0.717) is 12.6 Å². The minimum Gasteiger partial charge on any atom is -0.330 e. The highest BCUT2D eigenvalue weighted by molar-refractivity contribution is 7.99. The predicted molar refractivity (Wildman–Crippen MR) is 69.8 cm³/mol. The van der Waals surface area contributed by atoms with E-state index < -0.39 is 0 Å². The van der Waals surface area contributed by atoms with E-state index in [0.717, 1.165) is 11.7 Å². The quantitative estimate of drug-likeness (QED) is 0.857. The van der Waals surface area contributed by atoms with Crippen molar-refractivity contribution in [3.8, 4) is 0 Å². The van der Waals surface area contributed by atoms with Gasteiger partial charge in [-0.25, -0.2) is 4.98 Å². The van der Waals surface area contributed by atoms with Gasteiger partial charge in [-0.05, 0) is 25.1 Å². The second kappa shape index (κ2) is 5.73. The molecule has 2 unspecified atom stereocenters. The van der Waals surface area contributed by atoms with Gasteiger partial charge in [-0.1, -0.05) is 13.3 Å². The van der Waals surface area contributed by atoms with Gasteiger partial charge in [0, 0.05) is 29.6 Å². The maximum atomic E-state index is 5.63. The van der Waals surface area contributed by atoms with E-state index in [1.165, 1.54) is 30.7 Å². The van der Waals surface area contributed by atoms with E-state index in [4.69, 9.17) is 5.73 Å². The Morgan fingerprint density at radius 1 is 1.56 bits per heavy atom. The summed E-state index contributed by atoms with van der Waals surface area (Å²) in [6, 6.07) is 0.647. The van der Waals surface area contributed by atoms with Crippen molar-refractivity contribution in [1.82, 2.24) is 9.55 Å². The molecule has 1 aromatic rings. The second-order valence-electron chi connectivity index (χ2n) is 4.32. The molecular formula is C12H21N3S. The standard InChI is InChI=1S/C12H21N3S/c1-2-16-12-5-3-4-11(12)15-9-14-8-10(15)6-7-13/h8-9,11-12H,2-7,13H2,1H3. The van der Waals surface area contributed by atoms with Gasteiger partial charge in [0.1, 0.15) is 0 Å². The van der Waals surface area contributed by atoms with Gasteiger partial charge in [0.2, 0.25) is 0 Å². The zero-order chi connectivity index (χ0) is 11.4. The van der Waals surface area contributed by atoms with Crippen LogP contribution >= 0.6 is 11.8 Å². The molecule has 0 amide bonds. The van der Waals surface area contributed by atoms with Crippen LogP contribution in [0.15, 0.2) is 12.5 Å². The summed E-state index contributed by atoms with van der Waals surface area (Å²) in [5.74, 6) is 1.21. The number of rotatable bonds is 5. The fourth-order valence-corrected chi connectivity index (χ4v) is 3.86. The van der Waals surface area contributed by atoms with Crippen LogP contribution in [0.5, 0.6) is 0 Å². The fourth-order valence-electron chi connectivity index (χ4n) is 2.61. The summed E-state index contributed by atoms with van der Waals surface area (Å²) < 4.78 is 2.37. The van der Waals surface area contributed by atoms with Crippen LogP contribution in [0, 0.1) is 0 Å². The average molecular weight is 239 g/mol. The van der Waals surface area contributed by atoms with Crippen molar-refractivity contribution >= 4 is 11.8 Å². The summed E-state index contributed by atoms with van der Waals surface area (Å²) in [6.45, 7) is 2.96. The molecule has 1 aliphatic carbocycles. The van der Waals surface area contributed by atoms with Gasteiger partial charge in [-0.3, -0.25) is 0 Å². The van der Waals surface area contributed by atoms with E-state index in [9.17, 15) is 0 Å². The lowest BCUT2D eigenvalue weighted by Gasteiger charge is -2.22. The Bertz CT molecular complexity index is 324. The predicted octanol–water partition coefficient (Wildman–Crippen LogP) is 2.23. The molecule has 0 aliphatic heterocycles. The average Bonchev–Trinajstić information content (AvgIpc) is 2.87. The van der Waals surface area contributed by atoms with Crippen LogP contribution in [0.2, 0.25) is 0 Å². The maximum absolute atomic E-state index is 5.63. The highest BCUT2D eigenvalue weighted by atomic mass is 32.2.